The van der Waals surface area contributed by atoms with E-state index in [2.05, 4.69) is 0 Å². The van der Waals surface area contributed by atoms with E-state index in [1.165, 1.54) is 18.2 Å². The third-order valence-electron chi connectivity index (χ3n) is 2.21. The fourth-order valence-corrected chi connectivity index (χ4v) is 1.29. The van der Waals surface area contributed by atoms with Crippen LogP contribution in [0, 0.1) is 31.3 Å². The molecule has 2 aromatic carbocycles. The highest BCUT2D eigenvalue weighted by Gasteiger charge is 1.96. The Balaban J connectivity index is 0.000000321. The number of hydrogen-bond donors (Lipinski definition) is 0. The third-order valence-corrected chi connectivity index (χ3v) is 2.52. The minimum absolute atomic E-state index is 0.181. The highest BCUT2D eigenvalue weighted by molar-refractivity contribution is 6.30. The van der Waals surface area contributed by atoms with Gasteiger partial charge in [0.2, 0.25) is 0 Å². The Bertz CT molecular complexity index is 490. The van der Waals surface area contributed by atoms with E-state index in [0.717, 1.165) is 11.6 Å². The molecule has 110 valence electrons. The summed E-state index contributed by atoms with van der Waals surface area (Å²) in [5.74, 6) is -1.37. The van der Waals surface area contributed by atoms with Gasteiger partial charge in [-0.25, -0.2) is 13.2 Å². The molecule has 0 radical (unpaired) electrons. The van der Waals surface area contributed by atoms with Crippen LogP contribution in [0.5, 0.6) is 0 Å². The topological polar surface area (TPSA) is 0 Å². The summed E-state index contributed by atoms with van der Waals surface area (Å²) in [5.41, 5.74) is 1.35. The van der Waals surface area contributed by atoms with Crippen LogP contribution < -0.4 is 0 Å². The van der Waals surface area contributed by atoms with E-state index >= 15 is 0 Å². The summed E-state index contributed by atoms with van der Waals surface area (Å²) < 4.78 is 36.9. The first-order valence-electron chi connectivity index (χ1n) is 6.23. The van der Waals surface area contributed by atoms with E-state index in [4.69, 9.17) is 11.6 Å². The lowest BCUT2D eigenvalue weighted by Crippen LogP contribution is -1.81. The summed E-state index contributed by atoms with van der Waals surface area (Å²) in [7, 11) is 0. The molecule has 0 unspecified atom stereocenters. The highest BCUT2D eigenvalue weighted by atomic mass is 35.5. The van der Waals surface area contributed by atoms with Gasteiger partial charge in [0.15, 0.2) is 0 Å². The minimum atomic E-state index is -0.530. The van der Waals surface area contributed by atoms with Crippen molar-refractivity contribution >= 4 is 11.6 Å². The molecule has 0 bridgehead atoms. The van der Waals surface area contributed by atoms with Crippen LogP contribution in [-0.2, 0) is 0 Å². The zero-order valence-electron chi connectivity index (χ0n) is 12.0. The SMILES string of the molecule is CC.Cc1ccc(Cl)c(F)c1.Cc1ccc(F)cc1F. The summed E-state index contributed by atoms with van der Waals surface area (Å²) in [6, 6.07) is 8.23. The average Bonchev–Trinajstić information content (AvgIpc) is 2.42. The number of benzene rings is 2. The lowest BCUT2D eigenvalue weighted by molar-refractivity contribution is 0.577. The normalized spacial score (nSPS) is 9.00. The zero-order valence-corrected chi connectivity index (χ0v) is 12.7. The van der Waals surface area contributed by atoms with Crippen molar-refractivity contribution in [2.45, 2.75) is 27.7 Å². The number of aryl methyl sites for hydroxylation is 2. The molecule has 0 aliphatic heterocycles. The molecule has 0 amide bonds. The maximum atomic E-state index is 12.4. The van der Waals surface area contributed by atoms with Gasteiger partial charge in [-0.2, -0.15) is 0 Å². The van der Waals surface area contributed by atoms with Crippen LogP contribution >= 0.6 is 11.6 Å². The van der Waals surface area contributed by atoms with Gasteiger partial charge in [0.05, 0.1) is 5.02 Å². The van der Waals surface area contributed by atoms with Crippen molar-refractivity contribution in [2.75, 3.05) is 0 Å². The van der Waals surface area contributed by atoms with E-state index < -0.39 is 11.6 Å². The summed E-state index contributed by atoms with van der Waals surface area (Å²) in [5, 5.41) is 0.181. The van der Waals surface area contributed by atoms with Crippen LogP contribution in [0.25, 0.3) is 0 Å². The van der Waals surface area contributed by atoms with Crippen molar-refractivity contribution in [3.63, 3.8) is 0 Å². The quantitative estimate of drug-likeness (QED) is 0.552. The van der Waals surface area contributed by atoms with Crippen molar-refractivity contribution in [1.82, 2.24) is 0 Å². The van der Waals surface area contributed by atoms with Gasteiger partial charge in [0, 0.05) is 6.07 Å². The van der Waals surface area contributed by atoms with Crippen molar-refractivity contribution < 1.29 is 13.2 Å². The highest BCUT2D eigenvalue weighted by Crippen LogP contribution is 2.14. The van der Waals surface area contributed by atoms with Gasteiger partial charge in [-0.3, -0.25) is 0 Å². The molecular formula is C16H18ClF3. The third kappa shape index (κ3) is 6.62. The summed E-state index contributed by atoms with van der Waals surface area (Å²) in [6.45, 7) is 7.41. The monoisotopic (exact) mass is 302 g/mol. The van der Waals surface area contributed by atoms with Crippen LogP contribution in [0.4, 0.5) is 13.2 Å². The van der Waals surface area contributed by atoms with E-state index in [-0.39, 0.29) is 10.8 Å². The zero-order chi connectivity index (χ0) is 15.7. The van der Waals surface area contributed by atoms with Crippen molar-refractivity contribution in [3.05, 3.63) is 70.0 Å². The van der Waals surface area contributed by atoms with E-state index in [9.17, 15) is 13.2 Å². The second kappa shape index (κ2) is 9.43. The Kier molecular flexibility index (Phi) is 8.73. The fraction of sp³-hybridized carbons (Fsp3) is 0.250. The first-order chi connectivity index (χ1) is 9.40. The Morgan fingerprint density at radius 2 is 1.40 bits per heavy atom. The molecule has 0 aromatic heterocycles. The van der Waals surface area contributed by atoms with Crippen molar-refractivity contribution in [2.24, 2.45) is 0 Å². The van der Waals surface area contributed by atoms with E-state index in [1.54, 1.807) is 19.1 Å². The molecule has 2 rings (SSSR count). The smallest absolute Gasteiger partial charge is 0.142 e. The predicted molar refractivity (Wildman–Crippen MR) is 78.6 cm³/mol. The Morgan fingerprint density at radius 1 is 0.800 bits per heavy atom. The van der Waals surface area contributed by atoms with E-state index in [1.807, 2.05) is 20.8 Å². The molecule has 0 heterocycles. The average molecular weight is 303 g/mol. The van der Waals surface area contributed by atoms with Gasteiger partial charge in [-0.05, 0) is 43.2 Å². The molecule has 0 N–H and O–H groups in total. The lowest BCUT2D eigenvalue weighted by Gasteiger charge is -1.92. The standard InChI is InChI=1S/C7H6ClF.C7H6F2.C2H6/c1-5-2-3-6(8)7(9)4-5;1-5-2-3-6(8)4-7(5)9;1-2/h2*2-4H,1H3;1-2H3. The first kappa shape index (κ1) is 18.5. The fourth-order valence-electron chi connectivity index (χ4n) is 1.17. The molecule has 0 saturated heterocycles. The van der Waals surface area contributed by atoms with Crippen molar-refractivity contribution in [1.29, 1.82) is 0 Å². The second-order valence-corrected chi connectivity index (χ2v) is 4.22. The minimum Gasteiger partial charge on any atom is -0.207 e. The first-order valence-corrected chi connectivity index (χ1v) is 6.61. The van der Waals surface area contributed by atoms with Crippen LogP contribution in [-0.4, -0.2) is 0 Å². The molecular weight excluding hydrogens is 285 g/mol. The molecule has 0 atom stereocenters. The van der Waals surface area contributed by atoms with Gasteiger partial charge in [0.1, 0.15) is 17.5 Å². The van der Waals surface area contributed by atoms with Crippen LogP contribution in [0.1, 0.15) is 25.0 Å². The van der Waals surface area contributed by atoms with Gasteiger partial charge in [0.25, 0.3) is 0 Å². The molecule has 0 aliphatic rings. The maximum absolute atomic E-state index is 12.4. The summed E-state index contributed by atoms with van der Waals surface area (Å²) >= 11 is 5.41. The Hall–Kier alpha value is -1.48. The van der Waals surface area contributed by atoms with Crippen molar-refractivity contribution in [3.8, 4) is 0 Å². The number of halogens is 4. The molecule has 0 aliphatic carbocycles. The maximum Gasteiger partial charge on any atom is 0.142 e. The van der Waals surface area contributed by atoms with Crippen LogP contribution in [0.3, 0.4) is 0 Å². The van der Waals surface area contributed by atoms with Gasteiger partial charge < -0.3 is 0 Å². The number of hydrogen-bond acceptors (Lipinski definition) is 0. The Morgan fingerprint density at radius 3 is 1.80 bits per heavy atom. The largest absolute Gasteiger partial charge is 0.207 e. The molecule has 0 saturated carbocycles. The Labute approximate surface area is 123 Å². The van der Waals surface area contributed by atoms with E-state index in [0.29, 0.717) is 5.56 Å². The predicted octanol–water partition coefficient (Wildman–Crippen LogP) is 6.09. The molecule has 2 aromatic rings. The molecule has 20 heavy (non-hydrogen) atoms. The molecule has 0 nitrogen and oxygen atoms in total. The van der Waals surface area contributed by atoms with Gasteiger partial charge in [-0.1, -0.05) is 37.6 Å². The second-order valence-electron chi connectivity index (χ2n) is 3.81. The van der Waals surface area contributed by atoms with Gasteiger partial charge in [-0.15, -0.1) is 0 Å². The lowest BCUT2D eigenvalue weighted by atomic mass is 10.2. The van der Waals surface area contributed by atoms with Gasteiger partial charge >= 0.3 is 0 Å². The molecule has 0 spiro atoms. The molecule has 0 fully saturated rings. The molecule has 4 heteroatoms. The summed E-state index contributed by atoms with van der Waals surface area (Å²) in [4.78, 5) is 0. The van der Waals surface area contributed by atoms with Crippen LogP contribution in [0.2, 0.25) is 5.02 Å². The van der Waals surface area contributed by atoms with Crippen LogP contribution in [0.15, 0.2) is 36.4 Å². The summed E-state index contributed by atoms with van der Waals surface area (Å²) in [6.07, 6.45) is 0. The number of rotatable bonds is 0.